The number of hydrogen-bond donors (Lipinski definition) is 2. The van der Waals surface area contributed by atoms with Crippen LogP contribution >= 0.6 is 15.9 Å². The number of carboxylic acid groups (broad SMARTS) is 1. The van der Waals surface area contributed by atoms with Gasteiger partial charge in [-0.15, -0.1) is 0 Å². The number of aliphatic carboxylic acids is 1. The maximum absolute atomic E-state index is 13.8. The molecule has 41 heavy (non-hydrogen) atoms. The molecular weight excluding hydrogens is 598 g/mol. The molecule has 0 saturated carbocycles. The number of nitrogens with zero attached hydrogens (tertiary/aromatic N) is 1. The summed E-state index contributed by atoms with van der Waals surface area (Å²) in [5.74, 6) is -4.53. The Balaban J connectivity index is 1.54. The third-order valence-electron chi connectivity index (χ3n) is 8.53. The van der Waals surface area contributed by atoms with Gasteiger partial charge in [-0.3, -0.25) is 28.9 Å². The predicted molar refractivity (Wildman–Crippen MR) is 149 cm³/mol. The van der Waals surface area contributed by atoms with Crippen LogP contribution in [0.2, 0.25) is 0 Å². The highest BCUT2D eigenvalue weighted by atomic mass is 79.9. The number of hydrogen-bond acceptors (Lipinski definition) is 8. The lowest BCUT2D eigenvalue weighted by atomic mass is 9.59. The van der Waals surface area contributed by atoms with Gasteiger partial charge in [-0.1, -0.05) is 18.1 Å². The number of aromatic hydroxyl groups is 1. The number of methoxy groups -OCH3 is 2. The fraction of sp³-hybridized carbons (Fsp3) is 0.433. The number of imide groups is 1. The van der Waals surface area contributed by atoms with E-state index in [1.165, 1.54) is 25.2 Å². The van der Waals surface area contributed by atoms with Gasteiger partial charge < -0.3 is 19.7 Å². The molecule has 1 saturated heterocycles. The molecule has 4 atom stereocenters. The zero-order valence-electron chi connectivity index (χ0n) is 22.6. The van der Waals surface area contributed by atoms with Crippen molar-refractivity contribution >= 4 is 45.3 Å². The molecule has 2 amide bonds. The molecule has 1 heterocycles. The molecule has 2 N–H and O–H groups in total. The topological polar surface area (TPSA) is 148 Å². The van der Waals surface area contributed by atoms with Crippen LogP contribution in [-0.2, 0) is 24.0 Å². The van der Waals surface area contributed by atoms with E-state index in [0.717, 1.165) is 5.57 Å². The van der Waals surface area contributed by atoms with E-state index in [2.05, 4.69) is 15.9 Å². The molecule has 3 aliphatic carbocycles. The number of ether oxygens (including phenoxy) is 2. The number of carbonyl (C=O) groups is 5. The highest BCUT2D eigenvalue weighted by Crippen LogP contribution is 2.56. The molecule has 1 aromatic rings. The van der Waals surface area contributed by atoms with E-state index in [1.807, 2.05) is 6.08 Å². The molecule has 10 nitrogen and oxygen atoms in total. The Morgan fingerprint density at radius 2 is 1.71 bits per heavy atom. The number of benzene rings is 1. The summed E-state index contributed by atoms with van der Waals surface area (Å²) in [7, 11) is 2.79. The average molecular weight is 628 g/mol. The maximum atomic E-state index is 13.8. The van der Waals surface area contributed by atoms with Crippen molar-refractivity contribution in [2.24, 2.45) is 17.8 Å². The Bertz CT molecular complexity index is 1430. The van der Waals surface area contributed by atoms with Crippen LogP contribution in [0.15, 0.2) is 45.5 Å². The molecular formula is C30H30BrNO9. The summed E-state index contributed by atoms with van der Waals surface area (Å²) in [6.45, 7) is 0.210. The Morgan fingerprint density at radius 1 is 1.02 bits per heavy atom. The van der Waals surface area contributed by atoms with Crippen LogP contribution in [0.3, 0.4) is 0 Å². The number of allylic oxidation sites excluding steroid dienone is 6. The molecule has 0 radical (unpaired) electrons. The van der Waals surface area contributed by atoms with Crippen molar-refractivity contribution in [3.05, 3.63) is 51.0 Å². The first kappa shape index (κ1) is 28.8. The highest BCUT2D eigenvalue weighted by Gasteiger charge is 2.56. The van der Waals surface area contributed by atoms with Crippen LogP contribution in [-0.4, -0.2) is 65.2 Å². The third-order valence-corrected chi connectivity index (χ3v) is 9.12. The summed E-state index contributed by atoms with van der Waals surface area (Å²) < 4.78 is 10.9. The molecule has 11 heteroatoms. The number of phenols is 1. The van der Waals surface area contributed by atoms with E-state index < -0.39 is 29.6 Å². The van der Waals surface area contributed by atoms with Crippen LogP contribution in [0.4, 0.5) is 0 Å². The standard InChI is InChI=1S/C30H30BrNO9/c1-40-21-10-14(11-22(41-2)28(21)37)24-15-7-8-16-25(17(15)12-18-26(24)20(33)13-19(31)27(18)36)30(39)32(29(16)38)9-5-3-4-6-23(34)35/h7,10-11,13,16-17,24-25,37H,3-6,8-9,12H2,1-2H3,(H,34,35)/t16-,17+,24-,25-/m0/s1. The van der Waals surface area contributed by atoms with Crippen molar-refractivity contribution in [3.63, 3.8) is 0 Å². The number of rotatable bonds is 9. The monoisotopic (exact) mass is 627 g/mol. The molecule has 216 valence electrons. The summed E-state index contributed by atoms with van der Waals surface area (Å²) >= 11 is 3.22. The molecule has 0 bridgehead atoms. The molecule has 1 aromatic carbocycles. The van der Waals surface area contributed by atoms with E-state index in [4.69, 9.17) is 14.6 Å². The van der Waals surface area contributed by atoms with Gasteiger partial charge in [0, 0.05) is 36.1 Å². The number of carbonyl (C=O) groups excluding carboxylic acids is 4. The average Bonchev–Trinajstić information content (AvgIpc) is 3.19. The minimum absolute atomic E-state index is 0.0327. The predicted octanol–water partition coefficient (Wildman–Crippen LogP) is 3.82. The molecule has 0 aromatic heterocycles. The van der Waals surface area contributed by atoms with Gasteiger partial charge in [-0.05, 0) is 65.2 Å². The second kappa shape index (κ2) is 11.3. The summed E-state index contributed by atoms with van der Waals surface area (Å²) in [6, 6.07) is 3.19. The first-order valence-corrected chi connectivity index (χ1v) is 14.3. The molecule has 1 fully saturated rings. The van der Waals surface area contributed by atoms with Gasteiger partial charge in [0.25, 0.3) is 0 Å². The van der Waals surface area contributed by atoms with E-state index >= 15 is 0 Å². The third kappa shape index (κ3) is 4.90. The molecule has 0 spiro atoms. The van der Waals surface area contributed by atoms with Gasteiger partial charge in [-0.25, -0.2) is 0 Å². The summed E-state index contributed by atoms with van der Waals surface area (Å²) in [4.78, 5) is 66.0. The number of ketones is 2. The minimum atomic E-state index is -0.885. The van der Waals surface area contributed by atoms with E-state index in [-0.39, 0.29) is 64.5 Å². The zero-order chi connectivity index (χ0) is 29.6. The zero-order valence-corrected chi connectivity index (χ0v) is 24.2. The van der Waals surface area contributed by atoms with Crippen molar-refractivity contribution in [2.45, 2.75) is 44.4 Å². The number of Topliss-reactive ketones (excluding diaryl/α,β-unsaturated/α-hetero) is 1. The van der Waals surface area contributed by atoms with Crippen LogP contribution in [0.25, 0.3) is 0 Å². The SMILES string of the molecule is COc1cc([C@H]2C3=CC[C@@H]4C(=O)N(CCCCCC(=O)O)C(=O)[C@@H]4[C@@H]3CC3=C2C(=O)C=C(Br)C3=O)cc(OC)c1O. The van der Waals surface area contributed by atoms with Crippen molar-refractivity contribution < 1.29 is 43.7 Å². The number of halogens is 1. The van der Waals surface area contributed by atoms with E-state index in [1.54, 1.807) is 12.1 Å². The molecule has 4 aliphatic rings. The lowest BCUT2D eigenvalue weighted by Crippen LogP contribution is -2.39. The minimum Gasteiger partial charge on any atom is -0.502 e. The Morgan fingerprint density at radius 3 is 2.34 bits per heavy atom. The van der Waals surface area contributed by atoms with E-state index in [9.17, 15) is 29.1 Å². The lowest BCUT2D eigenvalue weighted by molar-refractivity contribution is -0.141. The molecule has 0 unspecified atom stereocenters. The summed E-state index contributed by atoms with van der Waals surface area (Å²) in [6.07, 6.45) is 5.20. The van der Waals surface area contributed by atoms with Gasteiger partial charge in [0.1, 0.15) is 0 Å². The second-order valence-corrected chi connectivity index (χ2v) is 11.6. The summed E-state index contributed by atoms with van der Waals surface area (Å²) in [5.41, 5.74) is 1.94. The Labute approximate surface area is 244 Å². The second-order valence-electron chi connectivity index (χ2n) is 10.7. The quantitative estimate of drug-likeness (QED) is 0.180. The van der Waals surface area contributed by atoms with Crippen LogP contribution < -0.4 is 9.47 Å². The normalized spacial score (nSPS) is 25.4. The van der Waals surface area contributed by atoms with E-state index in [0.29, 0.717) is 42.4 Å². The van der Waals surface area contributed by atoms with Gasteiger partial charge in [0.15, 0.2) is 23.1 Å². The van der Waals surface area contributed by atoms with Crippen LogP contribution in [0.1, 0.15) is 50.0 Å². The first-order valence-electron chi connectivity index (χ1n) is 13.5. The fourth-order valence-corrected chi connectivity index (χ4v) is 7.12. The van der Waals surface area contributed by atoms with Crippen LogP contribution in [0.5, 0.6) is 17.2 Å². The number of phenolic OH excluding ortho intramolecular Hbond substituents is 1. The fourth-order valence-electron chi connectivity index (χ4n) is 6.68. The highest BCUT2D eigenvalue weighted by molar-refractivity contribution is 9.12. The number of unbranched alkanes of at least 4 members (excludes halogenated alkanes) is 2. The van der Waals surface area contributed by atoms with Crippen molar-refractivity contribution in [3.8, 4) is 17.2 Å². The Hall–Kier alpha value is -3.73. The number of likely N-dealkylation sites (tertiary alicyclic amines) is 1. The number of fused-ring (bicyclic) bond motifs is 3. The van der Waals surface area contributed by atoms with Crippen molar-refractivity contribution in [1.29, 1.82) is 0 Å². The maximum Gasteiger partial charge on any atom is 0.303 e. The van der Waals surface area contributed by atoms with Gasteiger partial charge in [0.2, 0.25) is 17.6 Å². The first-order chi connectivity index (χ1) is 19.6. The smallest absolute Gasteiger partial charge is 0.303 e. The molecule has 1 aliphatic heterocycles. The van der Waals surface area contributed by atoms with Crippen LogP contribution in [0, 0.1) is 17.8 Å². The lowest BCUT2D eigenvalue weighted by Gasteiger charge is -2.42. The van der Waals surface area contributed by atoms with Crippen molar-refractivity contribution in [2.75, 3.05) is 20.8 Å². The Kier molecular flexibility index (Phi) is 7.91. The number of carboxylic acids is 1. The largest absolute Gasteiger partial charge is 0.502 e. The van der Waals surface area contributed by atoms with Crippen molar-refractivity contribution in [1.82, 2.24) is 4.90 Å². The number of amides is 2. The molecule has 5 rings (SSSR count). The summed E-state index contributed by atoms with van der Waals surface area (Å²) in [5, 5.41) is 19.4. The van der Waals surface area contributed by atoms with Gasteiger partial charge in [0.05, 0.1) is 30.5 Å². The van der Waals surface area contributed by atoms with Gasteiger partial charge >= 0.3 is 5.97 Å². The van der Waals surface area contributed by atoms with Gasteiger partial charge in [-0.2, -0.15) is 0 Å².